The van der Waals surface area contributed by atoms with Crippen LogP contribution in [0.3, 0.4) is 0 Å². The van der Waals surface area contributed by atoms with Crippen molar-refractivity contribution in [2.75, 3.05) is 6.61 Å². The molecule has 0 amide bonds. The summed E-state index contributed by atoms with van der Waals surface area (Å²) in [4.78, 5) is 12.1. The molecule has 0 aromatic carbocycles. The molecular formula is C30H44O10. The maximum absolute atomic E-state index is 12.1. The number of hydrogen-bond acceptors (Lipinski definition) is 10. The van der Waals surface area contributed by atoms with Crippen molar-refractivity contribution in [1.82, 2.24) is 0 Å². The van der Waals surface area contributed by atoms with Gasteiger partial charge in [0.05, 0.1) is 31.0 Å². The van der Waals surface area contributed by atoms with Crippen molar-refractivity contribution in [3.8, 4) is 0 Å². The third kappa shape index (κ3) is 12.8. The van der Waals surface area contributed by atoms with E-state index in [1.807, 2.05) is 19.1 Å². The summed E-state index contributed by atoms with van der Waals surface area (Å²) >= 11 is 0. The van der Waals surface area contributed by atoms with Crippen LogP contribution in [0.1, 0.15) is 45.4 Å². The Hall–Kier alpha value is -2.41. The summed E-state index contributed by atoms with van der Waals surface area (Å²) in [6.45, 7) is 1.26. The minimum atomic E-state index is -1.57. The van der Waals surface area contributed by atoms with Gasteiger partial charge in [0.1, 0.15) is 24.4 Å². The first-order chi connectivity index (χ1) is 19.2. The Morgan fingerprint density at radius 2 is 1.57 bits per heavy atom. The van der Waals surface area contributed by atoms with Gasteiger partial charge < -0.3 is 44.8 Å². The van der Waals surface area contributed by atoms with Gasteiger partial charge in [0.15, 0.2) is 6.29 Å². The predicted octanol–water partition coefficient (Wildman–Crippen LogP) is 1.52. The van der Waals surface area contributed by atoms with Gasteiger partial charge >= 0.3 is 5.97 Å². The molecule has 0 aromatic rings. The van der Waals surface area contributed by atoms with Crippen molar-refractivity contribution >= 4 is 5.97 Å². The molecule has 9 atom stereocenters. The number of carbonyl (C=O) groups excluding carboxylic acids is 1. The van der Waals surface area contributed by atoms with E-state index in [1.165, 1.54) is 6.08 Å². The number of ether oxygens (including phenoxy) is 3. The summed E-state index contributed by atoms with van der Waals surface area (Å²) in [5.41, 5.74) is 0. The maximum Gasteiger partial charge on any atom is 0.331 e. The average molecular weight is 565 g/mol. The molecule has 0 bridgehead atoms. The van der Waals surface area contributed by atoms with E-state index in [1.54, 1.807) is 54.7 Å². The van der Waals surface area contributed by atoms with Crippen molar-refractivity contribution in [1.29, 1.82) is 0 Å². The Kier molecular flexibility index (Phi) is 15.9. The fourth-order valence-corrected chi connectivity index (χ4v) is 4.10. The first-order valence-electron chi connectivity index (χ1n) is 13.7. The van der Waals surface area contributed by atoms with Gasteiger partial charge in [-0.3, -0.25) is 0 Å². The van der Waals surface area contributed by atoms with Gasteiger partial charge in [-0.2, -0.15) is 0 Å². The smallest absolute Gasteiger partial charge is 0.331 e. The molecule has 2 heterocycles. The van der Waals surface area contributed by atoms with Crippen LogP contribution in [-0.2, 0) is 19.0 Å². The van der Waals surface area contributed by atoms with Crippen LogP contribution in [0, 0.1) is 0 Å². The monoisotopic (exact) mass is 564 g/mol. The molecule has 0 saturated carbocycles. The minimum Gasteiger partial charge on any atom is -0.460 e. The lowest BCUT2D eigenvalue weighted by Crippen LogP contribution is -2.59. The summed E-state index contributed by atoms with van der Waals surface area (Å²) in [7, 11) is 0. The molecule has 2 aliphatic rings. The summed E-state index contributed by atoms with van der Waals surface area (Å²) in [5.74, 6) is -0.458. The molecule has 40 heavy (non-hydrogen) atoms. The highest BCUT2D eigenvalue weighted by atomic mass is 16.7. The largest absolute Gasteiger partial charge is 0.460 e. The summed E-state index contributed by atoms with van der Waals surface area (Å²) in [6, 6.07) is 0. The number of carbonyl (C=O) groups is 1. The van der Waals surface area contributed by atoms with Gasteiger partial charge in [-0.05, 0) is 39.0 Å². The molecule has 2 rings (SSSR count). The zero-order valence-corrected chi connectivity index (χ0v) is 22.9. The number of cyclic esters (lactones) is 1. The molecule has 1 saturated heterocycles. The molecule has 10 nitrogen and oxygen atoms in total. The SMILES string of the molecule is C[C@@H]1CCC/C=C/C=C/[C@H](O)C[C@@H](O)C/C=C\C=C\[C@@H](O[C@@H]2O[C@@H](CO)[C@H](O)[C@@H](O)[C@@H]2O)C/C=C/C=C\C(=O)O1. The van der Waals surface area contributed by atoms with Crippen LogP contribution in [-0.4, -0.2) is 98.3 Å². The lowest BCUT2D eigenvalue weighted by atomic mass is 9.99. The number of allylic oxidation sites excluding steroid dienone is 7. The van der Waals surface area contributed by atoms with Gasteiger partial charge in [0.25, 0.3) is 0 Å². The second-order valence-electron chi connectivity index (χ2n) is 9.89. The zero-order chi connectivity index (χ0) is 29.3. The van der Waals surface area contributed by atoms with E-state index in [0.717, 1.165) is 12.8 Å². The summed E-state index contributed by atoms with van der Waals surface area (Å²) < 4.78 is 16.7. The van der Waals surface area contributed by atoms with E-state index in [-0.39, 0.29) is 12.5 Å². The van der Waals surface area contributed by atoms with Gasteiger partial charge in [-0.15, -0.1) is 0 Å². The Morgan fingerprint density at radius 3 is 2.35 bits per heavy atom. The minimum absolute atomic E-state index is 0.183. The van der Waals surface area contributed by atoms with Crippen molar-refractivity contribution in [3.63, 3.8) is 0 Å². The quantitative estimate of drug-likeness (QED) is 0.277. The van der Waals surface area contributed by atoms with E-state index in [0.29, 0.717) is 19.3 Å². The molecule has 0 unspecified atom stereocenters. The molecular weight excluding hydrogens is 520 g/mol. The van der Waals surface area contributed by atoms with Crippen molar-refractivity contribution in [3.05, 3.63) is 72.9 Å². The number of rotatable bonds is 3. The number of aliphatic hydroxyl groups is 6. The topological polar surface area (TPSA) is 166 Å². The van der Waals surface area contributed by atoms with Crippen LogP contribution in [0.25, 0.3) is 0 Å². The molecule has 2 aliphatic heterocycles. The van der Waals surface area contributed by atoms with Crippen LogP contribution < -0.4 is 0 Å². The van der Waals surface area contributed by atoms with E-state index >= 15 is 0 Å². The normalized spacial score (nSPS) is 40.6. The first kappa shape index (κ1) is 33.8. The third-order valence-corrected chi connectivity index (χ3v) is 6.38. The predicted molar refractivity (Wildman–Crippen MR) is 149 cm³/mol. The van der Waals surface area contributed by atoms with E-state index in [4.69, 9.17) is 14.2 Å². The Morgan fingerprint density at radius 1 is 0.875 bits per heavy atom. The van der Waals surface area contributed by atoms with Crippen LogP contribution >= 0.6 is 0 Å². The number of esters is 1. The summed E-state index contributed by atoms with van der Waals surface area (Å²) in [5, 5.41) is 60.2. The van der Waals surface area contributed by atoms with Crippen molar-refractivity contribution in [2.45, 2.75) is 101 Å². The van der Waals surface area contributed by atoms with Gasteiger partial charge in [-0.1, -0.05) is 66.8 Å². The van der Waals surface area contributed by atoms with Gasteiger partial charge in [-0.25, -0.2) is 4.79 Å². The lowest BCUT2D eigenvalue weighted by molar-refractivity contribution is -0.307. The van der Waals surface area contributed by atoms with Gasteiger partial charge in [0.2, 0.25) is 0 Å². The number of aliphatic hydroxyl groups excluding tert-OH is 6. The molecule has 0 aromatic heterocycles. The Balaban J connectivity index is 2.12. The molecule has 6 N–H and O–H groups in total. The number of hydrogen-bond donors (Lipinski definition) is 6. The van der Waals surface area contributed by atoms with Crippen LogP contribution in [0.5, 0.6) is 0 Å². The fourth-order valence-electron chi connectivity index (χ4n) is 4.10. The Labute approximate surface area is 235 Å². The highest BCUT2D eigenvalue weighted by Crippen LogP contribution is 2.24. The zero-order valence-electron chi connectivity index (χ0n) is 22.9. The van der Waals surface area contributed by atoms with E-state index < -0.39 is 61.6 Å². The first-order valence-corrected chi connectivity index (χ1v) is 13.7. The van der Waals surface area contributed by atoms with E-state index in [2.05, 4.69) is 0 Å². The van der Waals surface area contributed by atoms with Crippen molar-refractivity contribution in [2.24, 2.45) is 0 Å². The third-order valence-electron chi connectivity index (χ3n) is 6.38. The summed E-state index contributed by atoms with van der Waals surface area (Å²) in [6.07, 6.45) is 13.9. The molecule has 0 radical (unpaired) electrons. The average Bonchev–Trinajstić information content (AvgIpc) is 2.91. The second kappa shape index (κ2) is 18.8. The maximum atomic E-state index is 12.1. The second-order valence-corrected chi connectivity index (χ2v) is 9.89. The molecule has 1 fully saturated rings. The van der Waals surface area contributed by atoms with Crippen molar-refractivity contribution < 1.29 is 49.6 Å². The molecule has 0 spiro atoms. The molecule has 10 heteroatoms. The highest BCUT2D eigenvalue weighted by Gasteiger charge is 2.44. The molecule has 0 aliphatic carbocycles. The van der Waals surface area contributed by atoms with E-state index in [9.17, 15) is 35.4 Å². The van der Waals surface area contributed by atoms with Crippen LogP contribution in [0.2, 0.25) is 0 Å². The fraction of sp³-hybridized carbons (Fsp3) is 0.567. The van der Waals surface area contributed by atoms with Gasteiger partial charge in [0, 0.05) is 12.5 Å². The Bertz CT molecular complexity index is 906. The van der Waals surface area contributed by atoms with Crippen LogP contribution in [0.4, 0.5) is 0 Å². The lowest BCUT2D eigenvalue weighted by Gasteiger charge is -2.40. The molecule has 224 valence electrons. The van der Waals surface area contributed by atoms with Crippen LogP contribution in [0.15, 0.2) is 72.9 Å². The standard InChI is InChI=1S/C30H44O10/c1-21-13-7-3-2-4-8-14-22(32)19-23(33)15-9-5-10-16-24(17-11-6-12-18-26(34)38-21)39-30-29(37)28(36)27(35)25(20-31)40-30/h2,4-6,8-12,14,16,18,21-25,27-33,35-37H,3,7,13,15,17,19-20H2,1H3/b4-2+,9-5-,11-6+,14-8+,16-10+,18-12-/t21-,22+,23+,24-,25+,27+,28-,29+,30-/m1/s1. The highest BCUT2D eigenvalue weighted by molar-refractivity contribution is 5.82.